The molecular formula is C13H12Br2FNS. The Balaban J connectivity index is 2.23. The largest absolute Gasteiger partial charge is 0.369 e. The molecule has 0 aliphatic rings. The molecule has 0 radical (unpaired) electrons. The van der Waals surface area contributed by atoms with Crippen molar-refractivity contribution in [2.24, 2.45) is 0 Å². The number of rotatable bonds is 4. The van der Waals surface area contributed by atoms with Crippen LogP contribution in [0.25, 0.3) is 0 Å². The summed E-state index contributed by atoms with van der Waals surface area (Å²) in [7, 11) is 1.98. The first kappa shape index (κ1) is 14.0. The van der Waals surface area contributed by atoms with Crippen LogP contribution >= 0.6 is 43.2 Å². The normalized spacial score (nSPS) is 10.7. The minimum Gasteiger partial charge on any atom is -0.369 e. The molecule has 0 spiro atoms. The van der Waals surface area contributed by atoms with E-state index in [4.69, 9.17) is 0 Å². The van der Waals surface area contributed by atoms with Gasteiger partial charge in [-0.1, -0.05) is 22.0 Å². The van der Waals surface area contributed by atoms with Gasteiger partial charge in [0.1, 0.15) is 5.82 Å². The van der Waals surface area contributed by atoms with Crippen LogP contribution < -0.4 is 4.90 Å². The second-order valence-corrected chi connectivity index (χ2v) is 6.43. The molecule has 0 saturated carbocycles. The van der Waals surface area contributed by atoms with Crippen molar-refractivity contribution in [3.8, 4) is 0 Å². The molecule has 1 aromatic carbocycles. The fraction of sp³-hybridized carbons (Fsp3) is 0.231. The van der Waals surface area contributed by atoms with Gasteiger partial charge < -0.3 is 4.90 Å². The first-order chi connectivity index (χ1) is 8.61. The number of nitrogens with zero attached hydrogens (tertiary/aromatic N) is 1. The second kappa shape index (κ2) is 6.17. The van der Waals surface area contributed by atoms with Gasteiger partial charge in [-0.2, -0.15) is 0 Å². The van der Waals surface area contributed by atoms with Crippen LogP contribution in [0.2, 0.25) is 0 Å². The smallest absolute Gasteiger partial charge is 0.129 e. The molecule has 1 aromatic heterocycles. The highest BCUT2D eigenvalue weighted by Crippen LogP contribution is 2.28. The first-order valence-electron chi connectivity index (χ1n) is 5.39. The van der Waals surface area contributed by atoms with Crippen LogP contribution in [-0.4, -0.2) is 7.05 Å². The molecule has 0 bridgehead atoms. The van der Waals surface area contributed by atoms with E-state index in [1.54, 1.807) is 17.4 Å². The maximum absolute atomic E-state index is 13.7. The third-order valence-electron chi connectivity index (χ3n) is 2.65. The molecule has 0 atom stereocenters. The van der Waals surface area contributed by atoms with Crippen molar-refractivity contribution in [2.45, 2.75) is 11.9 Å². The van der Waals surface area contributed by atoms with E-state index in [0.717, 1.165) is 16.7 Å². The van der Waals surface area contributed by atoms with Crippen molar-refractivity contribution >= 4 is 48.9 Å². The number of halogens is 3. The van der Waals surface area contributed by atoms with Gasteiger partial charge in [0, 0.05) is 38.4 Å². The van der Waals surface area contributed by atoms with E-state index in [-0.39, 0.29) is 5.82 Å². The van der Waals surface area contributed by atoms with E-state index in [2.05, 4.69) is 48.2 Å². The number of anilines is 1. The SMILES string of the molecule is CN(Cc1cc(Br)cs1)c1cccc(F)c1CBr. The van der Waals surface area contributed by atoms with Crippen LogP contribution in [0.15, 0.2) is 34.1 Å². The summed E-state index contributed by atoms with van der Waals surface area (Å²) in [5, 5.41) is 2.58. The van der Waals surface area contributed by atoms with Crippen molar-refractivity contribution in [2.75, 3.05) is 11.9 Å². The van der Waals surface area contributed by atoms with Gasteiger partial charge in [0.15, 0.2) is 0 Å². The molecule has 1 heterocycles. The molecule has 18 heavy (non-hydrogen) atoms. The van der Waals surface area contributed by atoms with Gasteiger partial charge in [-0.15, -0.1) is 11.3 Å². The van der Waals surface area contributed by atoms with Crippen LogP contribution in [0.5, 0.6) is 0 Å². The van der Waals surface area contributed by atoms with Crippen LogP contribution in [0.4, 0.5) is 10.1 Å². The summed E-state index contributed by atoms with van der Waals surface area (Å²) >= 11 is 8.48. The Morgan fingerprint density at radius 3 is 2.78 bits per heavy atom. The maximum Gasteiger partial charge on any atom is 0.129 e. The molecule has 0 N–H and O–H groups in total. The van der Waals surface area contributed by atoms with Crippen molar-refractivity contribution in [1.82, 2.24) is 0 Å². The van der Waals surface area contributed by atoms with Crippen LogP contribution in [0.1, 0.15) is 10.4 Å². The summed E-state index contributed by atoms with van der Waals surface area (Å²) in [4.78, 5) is 3.31. The molecule has 0 saturated heterocycles. The molecule has 96 valence electrons. The Labute approximate surface area is 127 Å². The van der Waals surface area contributed by atoms with Crippen molar-refractivity contribution < 1.29 is 4.39 Å². The summed E-state index contributed by atoms with van der Waals surface area (Å²) in [5.74, 6) is -0.163. The number of alkyl halides is 1. The van der Waals surface area contributed by atoms with Crippen molar-refractivity contribution in [1.29, 1.82) is 0 Å². The fourth-order valence-electron chi connectivity index (χ4n) is 1.79. The highest BCUT2D eigenvalue weighted by molar-refractivity contribution is 9.10. The molecule has 5 heteroatoms. The van der Waals surface area contributed by atoms with Crippen molar-refractivity contribution in [3.63, 3.8) is 0 Å². The second-order valence-electron chi connectivity index (χ2n) is 3.96. The summed E-state index contributed by atoms with van der Waals surface area (Å²) in [6, 6.07) is 7.28. The molecule has 0 aliphatic heterocycles. The summed E-state index contributed by atoms with van der Waals surface area (Å²) in [6.45, 7) is 0.778. The predicted octanol–water partition coefficient (Wildman–Crippen LogP) is 5.18. The monoisotopic (exact) mass is 391 g/mol. The lowest BCUT2D eigenvalue weighted by Crippen LogP contribution is -2.17. The predicted molar refractivity (Wildman–Crippen MR) is 83.2 cm³/mol. The molecule has 0 aliphatic carbocycles. The Morgan fingerprint density at radius 1 is 1.39 bits per heavy atom. The molecule has 1 nitrogen and oxygen atoms in total. The zero-order chi connectivity index (χ0) is 13.1. The zero-order valence-electron chi connectivity index (χ0n) is 9.79. The lowest BCUT2D eigenvalue weighted by atomic mass is 10.1. The molecule has 0 amide bonds. The van der Waals surface area contributed by atoms with Gasteiger partial charge in [0.2, 0.25) is 0 Å². The molecule has 2 aromatic rings. The average Bonchev–Trinajstić information content (AvgIpc) is 2.74. The quantitative estimate of drug-likeness (QED) is 0.648. The molecule has 2 rings (SSSR count). The highest BCUT2D eigenvalue weighted by atomic mass is 79.9. The number of hydrogen-bond acceptors (Lipinski definition) is 2. The standard InChI is InChI=1S/C13H12Br2FNS/c1-17(7-10-5-9(15)8-18-10)13-4-2-3-12(16)11(13)6-14/h2-5,8H,6-7H2,1H3. The third-order valence-corrected chi connectivity index (χ3v) is 4.90. The van der Waals surface area contributed by atoms with Crippen LogP contribution in [0.3, 0.4) is 0 Å². The Morgan fingerprint density at radius 2 is 2.17 bits per heavy atom. The molecule has 0 fully saturated rings. The molecular weight excluding hydrogens is 381 g/mol. The van der Waals surface area contributed by atoms with Gasteiger partial charge in [0.25, 0.3) is 0 Å². The minimum atomic E-state index is -0.163. The first-order valence-corrected chi connectivity index (χ1v) is 8.18. The van der Waals surface area contributed by atoms with Gasteiger partial charge in [-0.05, 0) is 34.1 Å². The third kappa shape index (κ3) is 3.13. The Kier molecular flexibility index (Phi) is 4.81. The van der Waals surface area contributed by atoms with E-state index in [9.17, 15) is 4.39 Å². The highest BCUT2D eigenvalue weighted by Gasteiger charge is 2.11. The van der Waals surface area contributed by atoms with Crippen LogP contribution in [0, 0.1) is 5.82 Å². The molecule has 0 unspecified atom stereocenters. The minimum absolute atomic E-state index is 0.163. The Bertz CT molecular complexity index is 542. The maximum atomic E-state index is 13.7. The number of hydrogen-bond donors (Lipinski definition) is 0. The fourth-order valence-corrected chi connectivity index (χ4v) is 3.85. The van der Waals surface area contributed by atoms with Gasteiger partial charge >= 0.3 is 0 Å². The Hall–Kier alpha value is -0.390. The van der Waals surface area contributed by atoms with Gasteiger partial charge in [-0.3, -0.25) is 0 Å². The van der Waals surface area contributed by atoms with E-state index >= 15 is 0 Å². The summed E-state index contributed by atoms with van der Waals surface area (Å²) in [6.07, 6.45) is 0. The van der Waals surface area contributed by atoms with E-state index < -0.39 is 0 Å². The summed E-state index contributed by atoms with van der Waals surface area (Å²) in [5.41, 5.74) is 1.63. The van der Waals surface area contributed by atoms with E-state index in [1.165, 1.54) is 10.9 Å². The summed E-state index contributed by atoms with van der Waals surface area (Å²) < 4.78 is 14.8. The lowest BCUT2D eigenvalue weighted by Gasteiger charge is -2.21. The number of thiophene rings is 1. The topological polar surface area (TPSA) is 3.24 Å². The lowest BCUT2D eigenvalue weighted by molar-refractivity contribution is 0.617. The average molecular weight is 393 g/mol. The zero-order valence-corrected chi connectivity index (χ0v) is 13.8. The number of benzene rings is 1. The van der Waals surface area contributed by atoms with Crippen LogP contribution in [-0.2, 0) is 11.9 Å². The van der Waals surface area contributed by atoms with Crippen molar-refractivity contribution in [3.05, 3.63) is 50.4 Å². The van der Waals surface area contributed by atoms with Gasteiger partial charge in [0.05, 0.1) is 6.54 Å². The van der Waals surface area contributed by atoms with Gasteiger partial charge in [-0.25, -0.2) is 4.39 Å². The van der Waals surface area contributed by atoms with E-state index in [1.807, 2.05) is 13.1 Å². The van der Waals surface area contributed by atoms with E-state index in [0.29, 0.717) is 10.9 Å².